The van der Waals surface area contributed by atoms with E-state index in [1.807, 2.05) is 42.5 Å². The molecule has 2 heterocycles. The second-order valence-corrected chi connectivity index (χ2v) is 9.47. The first-order valence-corrected chi connectivity index (χ1v) is 12.0. The van der Waals surface area contributed by atoms with E-state index in [0.717, 1.165) is 42.3 Å². The average molecular weight is 468 g/mol. The second kappa shape index (κ2) is 9.95. The molecule has 9 heteroatoms. The third kappa shape index (κ3) is 5.43. The molecule has 1 amide bonds. The number of amides is 1. The van der Waals surface area contributed by atoms with Crippen molar-refractivity contribution in [2.45, 2.75) is 9.92 Å². The van der Waals surface area contributed by atoms with Gasteiger partial charge in [-0.3, -0.25) is 9.59 Å². The van der Waals surface area contributed by atoms with Gasteiger partial charge in [-0.25, -0.2) is 9.97 Å². The summed E-state index contributed by atoms with van der Waals surface area (Å²) in [6, 6.07) is 19.7. The fourth-order valence-electron chi connectivity index (χ4n) is 2.83. The normalized spacial score (nSPS) is 10.8. The van der Waals surface area contributed by atoms with Gasteiger partial charge in [-0.05, 0) is 23.8 Å². The molecule has 0 fully saturated rings. The number of thioether (sulfide) groups is 1. The number of aliphatic carboxylic acids is 1. The highest BCUT2D eigenvalue weighted by Crippen LogP contribution is 2.40. The van der Waals surface area contributed by atoms with Gasteiger partial charge in [0.05, 0.1) is 27.4 Å². The maximum atomic E-state index is 12.2. The van der Waals surface area contributed by atoms with Gasteiger partial charge in [-0.1, -0.05) is 54.2 Å². The number of carboxylic acids is 1. The molecule has 0 unspecified atom stereocenters. The number of hydrogen-bond acceptors (Lipinski definition) is 7. The van der Waals surface area contributed by atoms with Crippen molar-refractivity contribution in [3.8, 4) is 10.4 Å². The van der Waals surface area contributed by atoms with Gasteiger partial charge in [0.25, 0.3) is 0 Å². The first kappa shape index (κ1) is 21.4. The summed E-state index contributed by atoms with van der Waals surface area (Å²) in [4.78, 5) is 33.7. The zero-order valence-corrected chi connectivity index (χ0v) is 18.6. The molecule has 4 aromatic rings. The van der Waals surface area contributed by atoms with Gasteiger partial charge in [-0.2, -0.15) is 0 Å². The number of rotatable bonds is 8. The summed E-state index contributed by atoms with van der Waals surface area (Å²) in [5, 5.41) is 12.4. The predicted octanol–water partition coefficient (Wildman–Crippen LogP) is 5.27. The molecule has 0 saturated carbocycles. The summed E-state index contributed by atoms with van der Waals surface area (Å²) in [7, 11) is 0. The standard InChI is InChI=1S/C22H17N3O3S3/c26-19(11-29-12-20(27)28)25-15-8-4-5-9-17(15)31-22-21-16(23-13-24-22)10-18(30-21)14-6-2-1-3-7-14/h1-10,13H,11-12H2,(H,25,26)(H,27,28). The number of thiophene rings is 1. The van der Waals surface area contributed by atoms with E-state index >= 15 is 0 Å². The molecule has 4 rings (SSSR count). The molecule has 0 aliphatic carbocycles. The Morgan fingerprint density at radius 2 is 1.77 bits per heavy atom. The van der Waals surface area contributed by atoms with Gasteiger partial charge in [-0.15, -0.1) is 23.1 Å². The molecule has 31 heavy (non-hydrogen) atoms. The average Bonchev–Trinajstić information content (AvgIpc) is 3.21. The molecule has 0 aliphatic rings. The number of fused-ring (bicyclic) bond motifs is 1. The van der Waals surface area contributed by atoms with Gasteiger partial charge in [0, 0.05) is 9.77 Å². The molecule has 6 nitrogen and oxygen atoms in total. The minimum Gasteiger partial charge on any atom is -0.481 e. The highest BCUT2D eigenvalue weighted by Gasteiger charge is 2.14. The molecule has 0 spiro atoms. The number of carbonyl (C=O) groups excluding carboxylic acids is 1. The first-order chi connectivity index (χ1) is 15.1. The number of carbonyl (C=O) groups is 2. The summed E-state index contributed by atoms with van der Waals surface area (Å²) in [5.74, 6) is -1.21. The lowest BCUT2D eigenvalue weighted by Crippen LogP contribution is -2.15. The highest BCUT2D eigenvalue weighted by molar-refractivity contribution is 8.00. The molecular formula is C22H17N3O3S3. The monoisotopic (exact) mass is 467 g/mol. The Bertz CT molecular complexity index is 1230. The second-order valence-electron chi connectivity index (χ2n) is 6.40. The number of benzene rings is 2. The number of aromatic nitrogens is 2. The molecule has 2 N–H and O–H groups in total. The van der Waals surface area contributed by atoms with E-state index in [2.05, 4.69) is 33.5 Å². The number of hydrogen-bond donors (Lipinski definition) is 2. The van der Waals surface area contributed by atoms with Crippen molar-refractivity contribution in [3.63, 3.8) is 0 Å². The highest BCUT2D eigenvalue weighted by atomic mass is 32.2. The molecular weight excluding hydrogens is 450 g/mol. The van der Waals surface area contributed by atoms with Crippen LogP contribution in [0, 0.1) is 0 Å². The van der Waals surface area contributed by atoms with Gasteiger partial charge >= 0.3 is 5.97 Å². The van der Waals surface area contributed by atoms with Gasteiger partial charge in [0.1, 0.15) is 11.4 Å². The third-order valence-corrected chi connectivity index (χ3v) is 7.47. The van der Waals surface area contributed by atoms with E-state index in [9.17, 15) is 9.59 Å². The van der Waals surface area contributed by atoms with E-state index in [-0.39, 0.29) is 17.4 Å². The van der Waals surface area contributed by atoms with Crippen LogP contribution < -0.4 is 5.32 Å². The Morgan fingerprint density at radius 3 is 2.58 bits per heavy atom. The van der Waals surface area contributed by atoms with Crippen molar-refractivity contribution < 1.29 is 14.7 Å². The summed E-state index contributed by atoms with van der Waals surface area (Å²) in [6.07, 6.45) is 1.55. The summed E-state index contributed by atoms with van der Waals surface area (Å²) in [5.41, 5.74) is 2.68. The third-order valence-electron chi connectivity index (χ3n) is 4.16. The predicted molar refractivity (Wildman–Crippen MR) is 127 cm³/mol. The Hall–Kier alpha value is -2.88. The van der Waals surface area contributed by atoms with Crippen LogP contribution in [-0.2, 0) is 9.59 Å². The van der Waals surface area contributed by atoms with Crippen LogP contribution in [0.25, 0.3) is 20.7 Å². The van der Waals surface area contributed by atoms with Crippen LogP contribution >= 0.6 is 34.9 Å². The SMILES string of the molecule is O=C(O)CSCC(=O)Nc1ccccc1Sc1ncnc2cc(-c3ccccc3)sc12. The minimum absolute atomic E-state index is 0.0778. The van der Waals surface area contributed by atoms with Crippen LogP contribution in [0.3, 0.4) is 0 Å². The molecule has 0 radical (unpaired) electrons. The van der Waals surface area contributed by atoms with Crippen molar-refractivity contribution in [2.75, 3.05) is 16.8 Å². The van der Waals surface area contributed by atoms with E-state index < -0.39 is 5.97 Å². The Morgan fingerprint density at radius 1 is 1.00 bits per heavy atom. The Kier molecular flexibility index (Phi) is 6.86. The molecule has 0 bridgehead atoms. The van der Waals surface area contributed by atoms with E-state index in [0.29, 0.717) is 5.69 Å². The van der Waals surface area contributed by atoms with Crippen molar-refractivity contribution in [1.29, 1.82) is 0 Å². The summed E-state index contributed by atoms with van der Waals surface area (Å²) in [6.45, 7) is 0. The lowest BCUT2D eigenvalue weighted by molar-refractivity contribution is -0.133. The Balaban J connectivity index is 1.56. The molecule has 156 valence electrons. The van der Waals surface area contributed by atoms with Crippen molar-refractivity contribution >= 4 is 62.6 Å². The molecule has 2 aromatic carbocycles. The summed E-state index contributed by atoms with van der Waals surface area (Å²) < 4.78 is 0.990. The van der Waals surface area contributed by atoms with E-state index in [1.54, 1.807) is 17.7 Å². The lowest BCUT2D eigenvalue weighted by atomic mass is 10.2. The number of nitrogens with zero attached hydrogens (tertiary/aromatic N) is 2. The topological polar surface area (TPSA) is 92.2 Å². The smallest absolute Gasteiger partial charge is 0.313 e. The molecule has 2 aromatic heterocycles. The number of para-hydroxylation sites is 1. The fourth-order valence-corrected chi connectivity index (χ4v) is 5.50. The quantitative estimate of drug-likeness (QED) is 0.341. The molecule has 0 atom stereocenters. The number of carboxylic acid groups (broad SMARTS) is 1. The van der Waals surface area contributed by atoms with Crippen LogP contribution in [0.4, 0.5) is 5.69 Å². The number of nitrogens with one attached hydrogen (secondary N) is 1. The van der Waals surface area contributed by atoms with Crippen LogP contribution in [0.1, 0.15) is 0 Å². The van der Waals surface area contributed by atoms with Gasteiger partial charge in [0.2, 0.25) is 5.91 Å². The Labute approximate surface area is 191 Å². The maximum Gasteiger partial charge on any atom is 0.313 e. The number of anilines is 1. The van der Waals surface area contributed by atoms with Gasteiger partial charge < -0.3 is 10.4 Å². The molecule has 0 saturated heterocycles. The minimum atomic E-state index is -0.938. The largest absolute Gasteiger partial charge is 0.481 e. The van der Waals surface area contributed by atoms with E-state index in [1.165, 1.54) is 11.8 Å². The van der Waals surface area contributed by atoms with E-state index in [4.69, 9.17) is 5.11 Å². The maximum absolute atomic E-state index is 12.2. The van der Waals surface area contributed by atoms with Crippen LogP contribution in [0.5, 0.6) is 0 Å². The zero-order chi connectivity index (χ0) is 21.6. The van der Waals surface area contributed by atoms with Crippen molar-refractivity contribution in [3.05, 3.63) is 67.0 Å². The zero-order valence-electron chi connectivity index (χ0n) is 16.1. The first-order valence-electron chi connectivity index (χ1n) is 9.26. The van der Waals surface area contributed by atoms with Crippen LogP contribution in [0.2, 0.25) is 0 Å². The van der Waals surface area contributed by atoms with Gasteiger partial charge in [0.15, 0.2) is 0 Å². The summed E-state index contributed by atoms with van der Waals surface area (Å²) >= 11 is 4.17. The van der Waals surface area contributed by atoms with Crippen molar-refractivity contribution in [2.24, 2.45) is 0 Å². The van der Waals surface area contributed by atoms with Crippen LogP contribution in [-0.4, -0.2) is 38.5 Å². The van der Waals surface area contributed by atoms with Crippen LogP contribution in [0.15, 0.2) is 76.9 Å². The lowest BCUT2D eigenvalue weighted by Gasteiger charge is -2.10. The fraction of sp³-hybridized carbons (Fsp3) is 0.0909. The van der Waals surface area contributed by atoms with Crippen molar-refractivity contribution in [1.82, 2.24) is 9.97 Å². The molecule has 0 aliphatic heterocycles.